The van der Waals surface area contributed by atoms with Crippen molar-refractivity contribution in [3.8, 4) is 0 Å². The van der Waals surface area contributed by atoms with E-state index in [4.69, 9.17) is 5.11 Å². The third-order valence-electron chi connectivity index (χ3n) is 2.24. The van der Waals surface area contributed by atoms with Crippen LogP contribution in [0.1, 0.15) is 25.7 Å². The third-order valence-corrected chi connectivity index (χ3v) is 2.24. The lowest BCUT2D eigenvalue weighted by atomic mass is 9.93. The minimum absolute atomic E-state index is 0.0335. The first-order valence-electron chi connectivity index (χ1n) is 4.80. The van der Waals surface area contributed by atoms with Crippen molar-refractivity contribution in [1.82, 2.24) is 0 Å². The maximum absolute atomic E-state index is 11.3. The molecule has 0 fully saturated rings. The highest BCUT2D eigenvalue weighted by atomic mass is 16.4. The highest BCUT2D eigenvalue weighted by Gasteiger charge is 2.13. The number of carboxylic acids is 1. The maximum Gasteiger partial charge on any atom is 0.303 e. The number of hydrogen-bond donors (Lipinski definition) is 1. The molecule has 3 heteroatoms. The predicted octanol–water partition coefficient (Wildman–Crippen LogP) is 1.94. The normalized spacial score (nSPS) is 20.0. The minimum atomic E-state index is -0.768. The van der Waals surface area contributed by atoms with E-state index in [2.05, 4.69) is 0 Å². The Balaban J connectivity index is 2.18. The Morgan fingerprint density at radius 3 is 2.79 bits per heavy atom. The van der Waals surface area contributed by atoms with E-state index in [1.807, 2.05) is 12.2 Å². The molecule has 0 radical (unpaired) electrons. The second kappa shape index (κ2) is 5.37. The molecule has 1 N–H and O–H groups in total. The summed E-state index contributed by atoms with van der Waals surface area (Å²) in [5, 5.41) is 8.41. The molecule has 1 aliphatic carbocycles. The van der Waals surface area contributed by atoms with Crippen LogP contribution in [0.4, 0.5) is 0 Å². The van der Waals surface area contributed by atoms with Crippen molar-refractivity contribution in [2.24, 2.45) is 5.92 Å². The van der Waals surface area contributed by atoms with Crippen LogP contribution in [0.15, 0.2) is 24.3 Å². The Kier molecular flexibility index (Phi) is 4.11. The Morgan fingerprint density at radius 2 is 2.14 bits per heavy atom. The minimum Gasteiger partial charge on any atom is -0.481 e. The molecule has 0 aliphatic heterocycles. The van der Waals surface area contributed by atoms with Gasteiger partial charge < -0.3 is 5.11 Å². The Hall–Kier alpha value is -1.38. The average molecular weight is 194 g/mol. The fourth-order valence-corrected chi connectivity index (χ4v) is 1.45. The summed E-state index contributed by atoms with van der Waals surface area (Å²) in [6, 6.07) is 0. The Bertz CT molecular complexity index is 276. The third kappa shape index (κ3) is 3.56. The second-order valence-electron chi connectivity index (χ2n) is 3.39. The van der Waals surface area contributed by atoms with E-state index in [1.54, 1.807) is 12.2 Å². The van der Waals surface area contributed by atoms with E-state index in [-0.39, 0.29) is 18.1 Å². The summed E-state index contributed by atoms with van der Waals surface area (Å²) in [4.78, 5) is 21.5. The maximum atomic E-state index is 11.3. The van der Waals surface area contributed by atoms with Crippen LogP contribution in [0, 0.1) is 5.92 Å². The van der Waals surface area contributed by atoms with E-state index < -0.39 is 5.97 Å². The number of ketones is 1. The molecule has 0 amide bonds. The number of carboxylic acid groups (broad SMARTS) is 1. The van der Waals surface area contributed by atoms with Crippen LogP contribution >= 0.6 is 0 Å². The number of allylic oxidation sites excluding steroid dienone is 4. The van der Waals surface area contributed by atoms with Crippen LogP contribution < -0.4 is 0 Å². The smallest absolute Gasteiger partial charge is 0.303 e. The molecule has 3 nitrogen and oxygen atoms in total. The van der Waals surface area contributed by atoms with Crippen molar-refractivity contribution in [2.75, 3.05) is 0 Å². The van der Waals surface area contributed by atoms with E-state index in [1.165, 1.54) is 0 Å². The van der Waals surface area contributed by atoms with Crippen LogP contribution in [-0.4, -0.2) is 16.9 Å². The number of carbonyl (C=O) groups excluding carboxylic acids is 1. The standard InChI is InChI=1S/C11H14O3/c12-10-7-3-1-5-9(10)6-2-4-8-11(13)14/h1,3,5,7,9H,2,4,6,8H2,(H,13,14). The molecule has 14 heavy (non-hydrogen) atoms. The van der Waals surface area contributed by atoms with Crippen molar-refractivity contribution in [2.45, 2.75) is 25.7 Å². The van der Waals surface area contributed by atoms with E-state index in [0.717, 1.165) is 12.8 Å². The molecule has 1 atom stereocenters. The lowest BCUT2D eigenvalue weighted by Crippen LogP contribution is -2.11. The van der Waals surface area contributed by atoms with E-state index in [9.17, 15) is 9.59 Å². The SMILES string of the molecule is O=C(O)CCCCC1C=CC=CC1=O. The van der Waals surface area contributed by atoms with Gasteiger partial charge in [-0.15, -0.1) is 0 Å². The highest BCUT2D eigenvalue weighted by Crippen LogP contribution is 2.16. The van der Waals surface area contributed by atoms with Crippen LogP contribution in [0.25, 0.3) is 0 Å². The molecule has 0 saturated carbocycles. The molecule has 0 spiro atoms. The number of aliphatic carboxylic acids is 1. The molecular formula is C11H14O3. The molecule has 0 bridgehead atoms. The molecule has 76 valence electrons. The van der Waals surface area contributed by atoms with Gasteiger partial charge in [-0.1, -0.05) is 24.6 Å². The molecule has 0 aromatic carbocycles. The molecule has 0 saturated heterocycles. The van der Waals surface area contributed by atoms with Gasteiger partial charge in [0, 0.05) is 12.3 Å². The number of unbranched alkanes of at least 4 members (excludes halogenated alkanes) is 1. The fraction of sp³-hybridized carbons (Fsp3) is 0.455. The first kappa shape index (κ1) is 10.7. The predicted molar refractivity (Wildman–Crippen MR) is 52.9 cm³/mol. The number of rotatable bonds is 5. The summed E-state index contributed by atoms with van der Waals surface area (Å²) < 4.78 is 0. The Labute approximate surface area is 83.1 Å². The quantitative estimate of drug-likeness (QED) is 0.680. The lowest BCUT2D eigenvalue weighted by molar-refractivity contribution is -0.137. The summed E-state index contributed by atoms with van der Waals surface area (Å²) in [6.45, 7) is 0. The average Bonchev–Trinajstić information content (AvgIpc) is 2.15. The van der Waals surface area contributed by atoms with Gasteiger partial charge in [-0.25, -0.2) is 0 Å². The van der Waals surface area contributed by atoms with Crippen molar-refractivity contribution < 1.29 is 14.7 Å². The summed E-state index contributed by atoms with van der Waals surface area (Å²) in [5.41, 5.74) is 0. The summed E-state index contributed by atoms with van der Waals surface area (Å²) in [7, 11) is 0. The van der Waals surface area contributed by atoms with Crippen LogP contribution in [-0.2, 0) is 9.59 Å². The lowest BCUT2D eigenvalue weighted by Gasteiger charge is -2.10. The van der Waals surface area contributed by atoms with Crippen LogP contribution in [0.5, 0.6) is 0 Å². The fourth-order valence-electron chi connectivity index (χ4n) is 1.45. The molecule has 1 aliphatic rings. The highest BCUT2D eigenvalue weighted by molar-refractivity contribution is 5.94. The summed E-state index contributed by atoms with van der Waals surface area (Å²) in [6.07, 6.45) is 9.44. The van der Waals surface area contributed by atoms with Gasteiger partial charge in [-0.2, -0.15) is 0 Å². The van der Waals surface area contributed by atoms with Gasteiger partial charge in [0.15, 0.2) is 5.78 Å². The molecule has 0 aromatic heterocycles. The second-order valence-corrected chi connectivity index (χ2v) is 3.39. The molecule has 0 heterocycles. The largest absolute Gasteiger partial charge is 0.481 e. The number of hydrogen-bond acceptors (Lipinski definition) is 2. The first-order chi connectivity index (χ1) is 6.70. The van der Waals surface area contributed by atoms with Gasteiger partial charge in [-0.05, 0) is 18.9 Å². The molecule has 0 aromatic rings. The summed E-state index contributed by atoms with van der Waals surface area (Å²) in [5.74, 6) is -0.674. The van der Waals surface area contributed by atoms with Crippen molar-refractivity contribution in [3.05, 3.63) is 24.3 Å². The first-order valence-corrected chi connectivity index (χ1v) is 4.80. The molecule has 1 rings (SSSR count). The topological polar surface area (TPSA) is 54.4 Å². The van der Waals surface area contributed by atoms with Gasteiger partial charge in [-0.3, -0.25) is 9.59 Å². The van der Waals surface area contributed by atoms with Gasteiger partial charge >= 0.3 is 5.97 Å². The zero-order valence-electron chi connectivity index (χ0n) is 7.98. The molecule has 1 unspecified atom stereocenters. The van der Waals surface area contributed by atoms with Gasteiger partial charge in [0.2, 0.25) is 0 Å². The van der Waals surface area contributed by atoms with Gasteiger partial charge in [0.25, 0.3) is 0 Å². The Morgan fingerprint density at radius 1 is 1.36 bits per heavy atom. The number of carbonyl (C=O) groups is 2. The van der Waals surface area contributed by atoms with Crippen LogP contribution in [0.3, 0.4) is 0 Å². The van der Waals surface area contributed by atoms with E-state index >= 15 is 0 Å². The summed E-state index contributed by atoms with van der Waals surface area (Å²) >= 11 is 0. The van der Waals surface area contributed by atoms with Crippen LogP contribution in [0.2, 0.25) is 0 Å². The van der Waals surface area contributed by atoms with Gasteiger partial charge in [0.1, 0.15) is 0 Å². The zero-order valence-corrected chi connectivity index (χ0v) is 7.98. The monoisotopic (exact) mass is 194 g/mol. The van der Waals surface area contributed by atoms with Crippen molar-refractivity contribution in [3.63, 3.8) is 0 Å². The zero-order chi connectivity index (χ0) is 10.4. The van der Waals surface area contributed by atoms with Crippen molar-refractivity contribution in [1.29, 1.82) is 0 Å². The van der Waals surface area contributed by atoms with E-state index in [0.29, 0.717) is 6.42 Å². The van der Waals surface area contributed by atoms with Crippen molar-refractivity contribution >= 4 is 11.8 Å². The molecular weight excluding hydrogens is 180 g/mol. The van der Waals surface area contributed by atoms with Gasteiger partial charge in [0.05, 0.1) is 0 Å².